The highest BCUT2D eigenvalue weighted by Gasteiger charge is 2.13. The van der Waals surface area contributed by atoms with Gasteiger partial charge in [-0.1, -0.05) is 20.8 Å². The molecule has 1 unspecified atom stereocenters. The maximum atomic E-state index is 11.6. The third-order valence-electron chi connectivity index (χ3n) is 2.73. The molecule has 0 bridgehead atoms. The molecule has 0 aromatic heterocycles. The maximum absolute atomic E-state index is 11.6. The number of carbonyl (C=O) groups is 2. The number of benzene rings is 1. The Bertz CT molecular complexity index is 484. The van der Waals surface area contributed by atoms with E-state index >= 15 is 0 Å². The molecule has 0 saturated carbocycles. The van der Waals surface area contributed by atoms with Gasteiger partial charge in [0.15, 0.2) is 0 Å². The van der Waals surface area contributed by atoms with E-state index in [1.54, 1.807) is 37.7 Å². The number of hydrogen-bond donors (Lipinski definition) is 0. The van der Waals surface area contributed by atoms with E-state index in [0.29, 0.717) is 5.75 Å². The third kappa shape index (κ3) is 6.85. The molecule has 0 aliphatic rings. The van der Waals surface area contributed by atoms with Crippen LogP contribution in [0.2, 0.25) is 0 Å². The molecule has 0 spiro atoms. The number of carbonyl (C=O) groups excluding carboxylic acids is 2. The molecule has 22 heavy (non-hydrogen) atoms. The van der Waals surface area contributed by atoms with E-state index in [-0.39, 0.29) is 31.0 Å². The van der Waals surface area contributed by atoms with Gasteiger partial charge in [0.2, 0.25) is 0 Å². The van der Waals surface area contributed by atoms with Crippen molar-refractivity contribution in [3.8, 4) is 5.75 Å². The Kier molecular flexibility index (Phi) is 7.80. The highest BCUT2D eigenvalue weighted by Crippen LogP contribution is 2.19. The van der Waals surface area contributed by atoms with Gasteiger partial charge in [0, 0.05) is 10.8 Å². The first-order valence-electron chi connectivity index (χ1n) is 7.07. The van der Waals surface area contributed by atoms with Crippen molar-refractivity contribution in [2.24, 2.45) is 11.8 Å². The Morgan fingerprint density at radius 2 is 1.64 bits per heavy atom. The molecule has 0 saturated heterocycles. The molecule has 5 nitrogen and oxygen atoms in total. The standard InChI is InChI=1S/C16H22O5S/c1-11(2)15(17)19-9-12(3)10-20-16(18)21-13-5-7-14(22-4)8-6-13/h5-8,11-12H,9-10H2,1-4H3. The summed E-state index contributed by atoms with van der Waals surface area (Å²) in [6, 6.07) is 7.14. The normalized spacial score (nSPS) is 11.9. The van der Waals surface area contributed by atoms with Crippen LogP contribution in [0.15, 0.2) is 29.2 Å². The summed E-state index contributed by atoms with van der Waals surface area (Å²) in [6.07, 6.45) is 1.20. The van der Waals surface area contributed by atoms with E-state index < -0.39 is 6.16 Å². The van der Waals surface area contributed by atoms with Crippen LogP contribution in [0.5, 0.6) is 5.75 Å². The van der Waals surface area contributed by atoms with Gasteiger partial charge in [0.1, 0.15) is 12.4 Å². The molecular weight excluding hydrogens is 304 g/mol. The van der Waals surface area contributed by atoms with Gasteiger partial charge < -0.3 is 14.2 Å². The average Bonchev–Trinajstić information content (AvgIpc) is 2.51. The van der Waals surface area contributed by atoms with Crippen molar-refractivity contribution >= 4 is 23.9 Å². The molecule has 6 heteroatoms. The molecule has 0 amide bonds. The van der Waals surface area contributed by atoms with E-state index in [4.69, 9.17) is 14.2 Å². The number of rotatable bonds is 7. The van der Waals surface area contributed by atoms with Gasteiger partial charge in [-0.2, -0.15) is 0 Å². The highest BCUT2D eigenvalue weighted by molar-refractivity contribution is 7.98. The Balaban J connectivity index is 2.28. The molecule has 1 aromatic carbocycles. The molecule has 122 valence electrons. The van der Waals surface area contributed by atoms with E-state index in [2.05, 4.69) is 0 Å². The Morgan fingerprint density at radius 1 is 1.05 bits per heavy atom. The molecule has 0 fully saturated rings. The minimum Gasteiger partial charge on any atom is -0.465 e. The second-order valence-corrected chi connectivity index (χ2v) is 6.11. The average molecular weight is 326 g/mol. The van der Waals surface area contributed by atoms with Crippen molar-refractivity contribution in [2.45, 2.75) is 25.7 Å². The van der Waals surface area contributed by atoms with Gasteiger partial charge in [-0.15, -0.1) is 11.8 Å². The Morgan fingerprint density at radius 3 is 2.18 bits per heavy atom. The van der Waals surface area contributed by atoms with Crippen LogP contribution in [0.1, 0.15) is 20.8 Å². The zero-order chi connectivity index (χ0) is 16.5. The Labute approximate surface area is 135 Å². The lowest BCUT2D eigenvalue weighted by Gasteiger charge is -2.13. The number of esters is 1. The van der Waals surface area contributed by atoms with Crippen LogP contribution < -0.4 is 4.74 Å². The fourth-order valence-corrected chi connectivity index (χ4v) is 1.83. The summed E-state index contributed by atoms with van der Waals surface area (Å²) in [6.45, 7) is 5.71. The third-order valence-corrected chi connectivity index (χ3v) is 3.47. The van der Waals surface area contributed by atoms with Crippen LogP contribution in [0.25, 0.3) is 0 Å². The molecule has 0 N–H and O–H groups in total. The topological polar surface area (TPSA) is 61.8 Å². The lowest BCUT2D eigenvalue weighted by atomic mass is 10.2. The van der Waals surface area contributed by atoms with E-state index in [1.807, 2.05) is 25.3 Å². The first-order valence-corrected chi connectivity index (χ1v) is 8.30. The zero-order valence-electron chi connectivity index (χ0n) is 13.3. The fourth-order valence-electron chi connectivity index (χ4n) is 1.42. The van der Waals surface area contributed by atoms with E-state index in [0.717, 1.165) is 4.90 Å². The van der Waals surface area contributed by atoms with Crippen LogP contribution >= 0.6 is 11.8 Å². The molecule has 1 aromatic rings. The van der Waals surface area contributed by atoms with Gasteiger partial charge in [-0.05, 0) is 30.5 Å². The predicted octanol–water partition coefficient (Wildman–Crippen LogP) is 3.76. The predicted molar refractivity (Wildman–Crippen MR) is 85.2 cm³/mol. The van der Waals surface area contributed by atoms with Crippen molar-refractivity contribution in [3.63, 3.8) is 0 Å². The number of ether oxygens (including phenoxy) is 3. The van der Waals surface area contributed by atoms with Crippen molar-refractivity contribution in [1.82, 2.24) is 0 Å². The minimum absolute atomic E-state index is 0.0888. The van der Waals surface area contributed by atoms with Crippen molar-refractivity contribution < 1.29 is 23.8 Å². The van der Waals surface area contributed by atoms with Gasteiger partial charge in [-0.25, -0.2) is 4.79 Å². The second-order valence-electron chi connectivity index (χ2n) is 5.23. The van der Waals surface area contributed by atoms with Crippen molar-refractivity contribution in [1.29, 1.82) is 0 Å². The quantitative estimate of drug-likeness (QED) is 0.432. The zero-order valence-corrected chi connectivity index (χ0v) is 14.1. The monoisotopic (exact) mass is 326 g/mol. The van der Waals surface area contributed by atoms with Crippen molar-refractivity contribution in [3.05, 3.63) is 24.3 Å². The van der Waals surface area contributed by atoms with Gasteiger partial charge in [0.05, 0.1) is 12.5 Å². The summed E-state index contributed by atoms with van der Waals surface area (Å²) >= 11 is 1.61. The summed E-state index contributed by atoms with van der Waals surface area (Å²) in [5.41, 5.74) is 0. The summed E-state index contributed by atoms with van der Waals surface area (Å²) in [7, 11) is 0. The molecule has 1 atom stereocenters. The molecule has 1 rings (SSSR count). The van der Waals surface area contributed by atoms with Crippen molar-refractivity contribution in [2.75, 3.05) is 19.5 Å². The van der Waals surface area contributed by atoms with Crippen LogP contribution in [0.4, 0.5) is 4.79 Å². The van der Waals surface area contributed by atoms with Crippen LogP contribution in [-0.4, -0.2) is 31.6 Å². The molecule has 0 heterocycles. The summed E-state index contributed by atoms with van der Waals surface area (Å²) in [5, 5.41) is 0. The lowest BCUT2D eigenvalue weighted by Crippen LogP contribution is -2.21. The van der Waals surface area contributed by atoms with E-state index in [9.17, 15) is 9.59 Å². The van der Waals surface area contributed by atoms with Gasteiger partial charge in [-0.3, -0.25) is 4.79 Å². The van der Waals surface area contributed by atoms with Crippen LogP contribution in [0, 0.1) is 11.8 Å². The maximum Gasteiger partial charge on any atom is 0.513 e. The summed E-state index contributed by atoms with van der Waals surface area (Å²) < 4.78 is 15.1. The summed E-state index contributed by atoms with van der Waals surface area (Å²) in [4.78, 5) is 24.0. The first-order chi connectivity index (χ1) is 10.4. The molecule has 0 aliphatic heterocycles. The van der Waals surface area contributed by atoms with Gasteiger partial charge >= 0.3 is 12.1 Å². The first kappa shape index (κ1) is 18.4. The minimum atomic E-state index is -0.765. The largest absolute Gasteiger partial charge is 0.513 e. The van der Waals surface area contributed by atoms with Crippen LogP contribution in [0.3, 0.4) is 0 Å². The van der Waals surface area contributed by atoms with Crippen LogP contribution in [-0.2, 0) is 14.3 Å². The van der Waals surface area contributed by atoms with E-state index in [1.165, 1.54) is 0 Å². The SMILES string of the molecule is CSc1ccc(OC(=O)OCC(C)COC(=O)C(C)C)cc1. The molecular formula is C16H22O5S. The number of hydrogen-bond acceptors (Lipinski definition) is 6. The lowest BCUT2D eigenvalue weighted by molar-refractivity contribution is -0.148. The molecule has 0 aliphatic carbocycles. The molecule has 0 radical (unpaired) electrons. The second kappa shape index (κ2) is 9.35. The fraction of sp³-hybridized carbons (Fsp3) is 0.500. The highest BCUT2D eigenvalue weighted by atomic mass is 32.2. The van der Waals surface area contributed by atoms with Gasteiger partial charge in [0.25, 0.3) is 0 Å². The summed E-state index contributed by atoms with van der Waals surface area (Å²) in [5.74, 6) is -0.0820. The number of thioether (sulfide) groups is 1. The smallest absolute Gasteiger partial charge is 0.465 e. The Hall–Kier alpha value is -1.69.